The van der Waals surface area contributed by atoms with Gasteiger partial charge in [0.2, 0.25) is 11.8 Å². The Labute approximate surface area is 248 Å². The Bertz CT molecular complexity index is 1440. The molecule has 9 nitrogen and oxygen atoms in total. The minimum absolute atomic E-state index is 0.0142. The lowest BCUT2D eigenvalue weighted by molar-refractivity contribution is -0.139. The first-order valence-electron chi connectivity index (χ1n) is 14.2. The molecule has 1 saturated carbocycles. The third kappa shape index (κ3) is 7.42. The van der Waals surface area contributed by atoms with Crippen LogP contribution in [0.3, 0.4) is 0 Å². The lowest BCUT2D eigenvalue weighted by Gasteiger charge is -2.33. The Morgan fingerprint density at radius 2 is 1.55 bits per heavy atom. The zero-order chi connectivity index (χ0) is 30.1. The molecule has 10 heteroatoms. The lowest BCUT2D eigenvalue weighted by Crippen LogP contribution is -2.53. The van der Waals surface area contributed by atoms with Crippen LogP contribution in [0, 0.1) is 0 Å². The van der Waals surface area contributed by atoms with Crippen molar-refractivity contribution in [3.8, 4) is 11.5 Å². The van der Waals surface area contributed by atoms with Crippen molar-refractivity contribution in [2.24, 2.45) is 0 Å². The van der Waals surface area contributed by atoms with Crippen molar-refractivity contribution in [2.75, 3.05) is 25.1 Å². The minimum Gasteiger partial charge on any atom is -0.497 e. The summed E-state index contributed by atoms with van der Waals surface area (Å²) >= 11 is 0. The number of nitrogens with zero attached hydrogens (tertiary/aromatic N) is 2. The number of rotatable bonds is 12. The molecule has 1 aliphatic carbocycles. The molecule has 1 atom stereocenters. The molecule has 3 aromatic carbocycles. The number of benzene rings is 3. The zero-order valence-corrected chi connectivity index (χ0v) is 25.2. The highest BCUT2D eigenvalue weighted by molar-refractivity contribution is 7.92. The maximum atomic E-state index is 14.2. The van der Waals surface area contributed by atoms with Gasteiger partial charge in [-0.15, -0.1) is 0 Å². The number of nitrogens with one attached hydrogen (secondary N) is 1. The number of hydrogen-bond donors (Lipinski definition) is 1. The molecule has 0 bridgehead atoms. The first-order chi connectivity index (χ1) is 20.2. The second-order valence-corrected chi connectivity index (χ2v) is 12.3. The molecule has 0 heterocycles. The molecule has 0 saturated heterocycles. The average molecular weight is 594 g/mol. The van der Waals surface area contributed by atoms with E-state index in [4.69, 9.17) is 9.47 Å². The Balaban J connectivity index is 1.72. The molecule has 1 N–H and O–H groups in total. The van der Waals surface area contributed by atoms with Gasteiger partial charge in [0, 0.05) is 18.7 Å². The van der Waals surface area contributed by atoms with Gasteiger partial charge in [-0.25, -0.2) is 8.42 Å². The quantitative estimate of drug-likeness (QED) is 0.325. The van der Waals surface area contributed by atoms with Gasteiger partial charge in [-0.05, 0) is 49.6 Å². The molecule has 0 radical (unpaired) electrons. The topological polar surface area (TPSA) is 105 Å². The molecule has 1 fully saturated rings. The number of ether oxygens (including phenoxy) is 2. The fourth-order valence-corrected chi connectivity index (χ4v) is 6.59. The van der Waals surface area contributed by atoms with Gasteiger partial charge in [0.1, 0.15) is 24.1 Å². The van der Waals surface area contributed by atoms with E-state index >= 15 is 0 Å². The van der Waals surface area contributed by atoms with Gasteiger partial charge in [-0.1, -0.05) is 67.8 Å². The van der Waals surface area contributed by atoms with Crippen LogP contribution in [0.5, 0.6) is 11.5 Å². The van der Waals surface area contributed by atoms with E-state index in [1.807, 2.05) is 30.3 Å². The molecular formula is C32H39N3O6S. The highest BCUT2D eigenvalue weighted by atomic mass is 32.2. The first kappa shape index (κ1) is 30.9. The standard InChI is InChI=1S/C32H39N3O6S/c1-24(32(37)33-26-15-9-5-10-16-26)34(22-25-13-7-4-8-14-25)31(36)23-35(42(38,39)28-17-11-6-12-18-28)29-21-27(40-2)19-20-30(29)41-3/h4,6-8,11-14,17-21,24,26H,5,9-10,15-16,22-23H2,1-3H3,(H,33,37). The third-order valence-electron chi connectivity index (χ3n) is 7.58. The Morgan fingerprint density at radius 1 is 0.905 bits per heavy atom. The summed E-state index contributed by atoms with van der Waals surface area (Å²) in [6, 6.07) is 21.2. The van der Waals surface area contributed by atoms with E-state index in [0.29, 0.717) is 5.75 Å². The molecule has 0 spiro atoms. The van der Waals surface area contributed by atoms with Gasteiger partial charge in [-0.3, -0.25) is 13.9 Å². The number of hydrogen-bond acceptors (Lipinski definition) is 6. The van der Waals surface area contributed by atoms with Crippen LogP contribution in [0.4, 0.5) is 5.69 Å². The van der Waals surface area contributed by atoms with Crippen molar-refractivity contribution >= 4 is 27.5 Å². The monoisotopic (exact) mass is 593 g/mol. The number of amides is 2. The fourth-order valence-electron chi connectivity index (χ4n) is 5.16. The van der Waals surface area contributed by atoms with Crippen molar-refractivity contribution in [3.05, 3.63) is 84.4 Å². The summed E-state index contributed by atoms with van der Waals surface area (Å²) in [5.41, 5.74) is 0.965. The smallest absolute Gasteiger partial charge is 0.264 e. The number of carbonyl (C=O) groups is 2. The molecule has 1 unspecified atom stereocenters. The van der Waals surface area contributed by atoms with Crippen LogP contribution in [0.15, 0.2) is 83.8 Å². The van der Waals surface area contributed by atoms with Crippen LogP contribution < -0.4 is 19.1 Å². The Morgan fingerprint density at radius 3 is 2.17 bits per heavy atom. The second kappa shape index (κ2) is 14.2. The summed E-state index contributed by atoms with van der Waals surface area (Å²) in [5.74, 6) is -0.147. The Kier molecular flexibility index (Phi) is 10.5. The summed E-state index contributed by atoms with van der Waals surface area (Å²) in [6.07, 6.45) is 5.08. The van der Waals surface area contributed by atoms with E-state index in [9.17, 15) is 18.0 Å². The molecule has 42 heavy (non-hydrogen) atoms. The second-order valence-electron chi connectivity index (χ2n) is 10.4. The minimum atomic E-state index is -4.23. The van der Waals surface area contributed by atoms with E-state index in [-0.39, 0.29) is 34.8 Å². The molecular weight excluding hydrogens is 554 g/mol. The van der Waals surface area contributed by atoms with Gasteiger partial charge in [0.25, 0.3) is 10.0 Å². The van der Waals surface area contributed by atoms with Crippen LogP contribution in [0.1, 0.15) is 44.6 Å². The van der Waals surface area contributed by atoms with Crippen LogP contribution in [-0.4, -0.2) is 58.0 Å². The predicted octanol–water partition coefficient (Wildman–Crippen LogP) is 4.77. The van der Waals surface area contributed by atoms with Crippen LogP contribution >= 0.6 is 0 Å². The van der Waals surface area contributed by atoms with Gasteiger partial charge >= 0.3 is 0 Å². The molecule has 1 aliphatic rings. The van der Waals surface area contributed by atoms with Gasteiger partial charge < -0.3 is 19.7 Å². The molecule has 224 valence electrons. The Hall–Kier alpha value is -4.05. The maximum Gasteiger partial charge on any atom is 0.264 e. The van der Waals surface area contributed by atoms with E-state index in [1.54, 1.807) is 37.3 Å². The van der Waals surface area contributed by atoms with E-state index in [0.717, 1.165) is 42.0 Å². The first-order valence-corrected chi connectivity index (χ1v) is 15.6. The summed E-state index contributed by atoms with van der Waals surface area (Å²) < 4.78 is 40.0. The van der Waals surface area contributed by atoms with Crippen LogP contribution in [0.2, 0.25) is 0 Å². The van der Waals surface area contributed by atoms with Crippen LogP contribution in [-0.2, 0) is 26.2 Å². The number of methoxy groups -OCH3 is 2. The molecule has 3 aromatic rings. The van der Waals surface area contributed by atoms with Gasteiger partial charge in [0.15, 0.2) is 0 Å². The highest BCUT2D eigenvalue weighted by Crippen LogP contribution is 2.36. The number of carbonyl (C=O) groups excluding carboxylic acids is 2. The normalized spacial score (nSPS) is 14.5. The molecule has 4 rings (SSSR count). The fraction of sp³-hybridized carbons (Fsp3) is 0.375. The van der Waals surface area contributed by atoms with E-state index in [1.165, 1.54) is 37.3 Å². The maximum absolute atomic E-state index is 14.2. The SMILES string of the molecule is COc1ccc(OC)c(N(CC(=O)N(Cc2ccccc2)C(C)C(=O)NC2CCCCC2)S(=O)(=O)c2ccccc2)c1. The largest absolute Gasteiger partial charge is 0.497 e. The van der Waals surface area contributed by atoms with E-state index in [2.05, 4.69) is 5.32 Å². The summed E-state index contributed by atoms with van der Waals surface area (Å²) in [6.45, 7) is 1.25. The summed E-state index contributed by atoms with van der Waals surface area (Å²) in [4.78, 5) is 29.1. The zero-order valence-electron chi connectivity index (χ0n) is 24.4. The van der Waals surface area contributed by atoms with Crippen molar-refractivity contribution in [3.63, 3.8) is 0 Å². The lowest BCUT2D eigenvalue weighted by atomic mass is 9.95. The summed E-state index contributed by atoms with van der Waals surface area (Å²) in [7, 11) is -1.33. The van der Waals surface area contributed by atoms with E-state index < -0.39 is 28.5 Å². The van der Waals surface area contributed by atoms with Gasteiger partial charge in [-0.2, -0.15) is 0 Å². The molecule has 0 aliphatic heterocycles. The van der Waals surface area contributed by atoms with Crippen molar-refractivity contribution in [2.45, 2.75) is 62.6 Å². The van der Waals surface area contributed by atoms with Crippen molar-refractivity contribution in [1.82, 2.24) is 10.2 Å². The highest BCUT2D eigenvalue weighted by Gasteiger charge is 2.34. The summed E-state index contributed by atoms with van der Waals surface area (Å²) in [5, 5.41) is 3.11. The van der Waals surface area contributed by atoms with Crippen LogP contribution in [0.25, 0.3) is 0 Å². The number of anilines is 1. The predicted molar refractivity (Wildman–Crippen MR) is 162 cm³/mol. The van der Waals surface area contributed by atoms with Gasteiger partial charge in [0.05, 0.1) is 24.8 Å². The molecule has 2 amide bonds. The van der Waals surface area contributed by atoms with Crippen molar-refractivity contribution < 1.29 is 27.5 Å². The average Bonchev–Trinajstić information content (AvgIpc) is 3.03. The van der Waals surface area contributed by atoms with Crippen molar-refractivity contribution in [1.29, 1.82) is 0 Å². The third-order valence-corrected chi connectivity index (χ3v) is 9.35. The molecule has 0 aromatic heterocycles. The number of sulfonamides is 1.